The summed E-state index contributed by atoms with van der Waals surface area (Å²) >= 11 is 4.26. The molecule has 3 nitrogen and oxygen atoms in total. The van der Waals surface area contributed by atoms with Crippen molar-refractivity contribution in [1.82, 2.24) is 0 Å². The van der Waals surface area contributed by atoms with E-state index in [-0.39, 0.29) is 0 Å². The summed E-state index contributed by atoms with van der Waals surface area (Å²) in [6.45, 7) is 11.5. The van der Waals surface area contributed by atoms with E-state index in [1.54, 1.807) is 10.8 Å². The van der Waals surface area contributed by atoms with Crippen LogP contribution in [0.1, 0.15) is 18.4 Å². The van der Waals surface area contributed by atoms with Gasteiger partial charge in [-0.15, -0.1) is 11.7 Å². The van der Waals surface area contributed by atoms with Crippen molar-refractivity contribution in [1.29, 1.82) is 0 Å². The third-order valence-electron chi connectivity index (χ3n) is 5.73. The Labute approximate surface area is 204 Å². The number of anilines is 1. The smallest absolute Gasteiger partial charge is 0.197 e. The zero-order valence-electron chi connectivity index (χ0n) is 20.1. The van der Waals surface area contributed by atoms with Crippen LogP contribution in [0.5, 0.6) is 0 Å². The maximum atomic E-state index is 4.32. The topological polar surface area (TPSA) is 6.25 Å². The molecule has 0 fully saturated rings. The van der Waals surface area contributed by atoms with Crippen molar-refractivity contribution in [3.63, 3.8) is 0 Å². The summed E-state index contributed by atoms with van der Waals surface area (Å²) in [6.07, 6.45) is 10.4. The SMILES string of the molecule is C=CC=[N+](CCCC[N+](C)(C)CCSS)C(=C)/C=C/c1ccc(N(C)C)c2ccccc12. The molecule has 172 valence electrons. The number of fused-ring (bicyclic) bond motifs is 1. The van der Waals surface area contributed by atoms with Gasteiger partial charge in [0.15, 0.2) is 11.9 Å². The maximum absolute atomic E-state index is 4.32. The number of thiol groups is 1. The minimum atomic E-state index is 0.941. The molecule has 0 aliphatic heterocycles. The average molecular weight is 470 g/mol. The van der Waals surface area contributed by atoms with Gasteiger partial charge in [0, 0.05) is 44.1 Å². The fourth-order valence-corrected chi connectivity index (χ4v) is 4.61. The quantitative estimate of drug-likeness (QED) is 0.0716. The lowest BCUT2D eigenvalue weighted by Crippen LogP contribution is -2.42. The molecule has 0 saturated carbocycles. The van der Waals surface area contributed by atoms with Crippen LogP contribution in [0.2, 0.25) is 0 Å². The Hall–Kier alpha value is -1.95. The van der Waals surface area contributed by atoms with Gasteiger partial charge in [0.05, 0.1) is 32.9 Å². The second-order valence-electron chi connectivity index (χ2n) is 8.94. The van der Waals surface area contributed by atoms with E-state index in [1.807, 2.05) is 12.3 Å². The third-order valence-corrected chi connectivity index (χ3v) is 6.64. The van der Waals surface area contributed by atoms with Crippen LogP contribution in [-0.2, 0) is 0 Å². The molecule has 0 unspecified atom stereocenters. The third kappa shape index (κ3) is 7.88. The van der Waals surface area contributed by atoms with Crippen LogP contribution in [0.25, 0.3) is 16.8 Å². The van der Waals surface area contributed by atoms with E-state index >= 15 is 0 Å². The first kappa shape index (κ1) is 26.3. The Morgan fingerprint density at radius 2 is 1.81 bits per heavy atom. The molecule has 0 spiro atoms. The van der Waals surface area contributed by atoms with E-state index in [4.69, 9.17) is 0 Å². The van der Waals surface area contributed by atoms with Crippen LogP contribution < -0.4 is 4.90 Å². The predicted octanol–water partition coefficient (Wildman–Crippen LogP) is 6.14. The van der Waals surface area contributed by atoms with Gasteiger partial charge in [-0.1, -0.05) is 47.7 Å². The van der Waals surface area contributed by atoms with Gasteiger partial charge >= 0.3 is 0 Å². The van der Waals surface area contributed by atoms with E-state index in [2.05, 4.69) is 111 Å². The minimum absolute atomic E-state index is 0.941. The zero-order valence-corrected chi connectivity index (χ0v) is 21.8. The van der Waals surface area contributed by atoms with Crippen LogP contribution in [0, 0.1) is 0 Å². The predicted molar refractivity (Wildman–Crippen MR) is 150 cm³/mol. The average Bonchev–Trinajstić information content (AvgIpc) is 2.77. The van der Waals surface area contributed by atoms with Crippen LogP contribution in [0.3, 0.4) is 0 Å². The van der Waals surface area contributed by atoms with Gasteiger partial charge in [0.1, 0.15) is 6.54 Å². The molecule has 0 aromatic heterocycles. The summed E-state index contributed by atoms with van der Waals surface area (Å²) < 4.78 is 3.24. The fourth-order valence-electron chi connectivity index (χ4n) is 3.79. The second kappa shape index (κ2) is 12.9. The minimum Gasteiger partial charge on any atom is -0.377 e. The lowest BCUT2D eigenvalue weighted by molar-refractivity contribution is -0.888. The summed E-state index contributed by atoms with van der Waals surface area (Å²) in [5.74, 6) is 1.08. The number of hydrogen-bond donors (Lipinski definition) is 1. The van der Waals surface area contributed by atoms with Gasteiger partial charge in [0.2, 0.25) is 0 Å². The Morgan fingerprint density at radius 3 is 2.47 bits per heavy atom. The maximum Gasteiger partial charge on any atom is 0.197 e. The Kier molecular flexibility index (Phi) is 10.6. The van der Waals surface area contributed by atoms with E-state index in [9.17, 15) is 0 Å². The highest BCUT2D eigenvalue weighted by atomic mass is 33.1. The van der Waals surface area contributed by atoms with Crippen molar-refractivity contribution in [2.75, 3.05) is 58.5 Å². The highest BCUT2D eigenvalue weighted by Gasteiger charge is 2.15. The fraction of sp³-hybridized carbons (Fsp3) is 0.370. The van der Waals surface area contributed by atoms with Crippen molar-refractivity contribution < 1.29 is 9.06 Å². The number of nitrogens with zero attached hydrogens (tertiary/aromatic N) is 3. The Balaban J connectivity index is 2.06. The van der Waals surface area contributed by atoms with Gasteiger partial charge in [-0.25, -0.2) is 0 Å². The molecule has 0 aliphatic carbocycles. The lowest BCUT2D eigenvalue weighted by Gasteiger charge is -2.29. The first-order valence-electron chi connectivity index (χ1n) is 11.2. The van der Waals surface area contributed by atoms with Crippen LogP contribution >= 0.6 is 22.5 Å². The standard InChI is InChI=1S/C27H38N3S2/c1-7-18-29(19-10-11-20-30(5,6)21-22-32-31)23(2)14-15-24-16-17-27(28(3)4)26-13-9-8-12-25(24)26/h7-9,12-18H,1-2,10-11,19-22H2,3-6H3/q+1/p+1/b15-14+,29-18?. The van der Waals surface area contributed by atoms with E-state index < -0.39 is 0 Å². The molecule has 0 amide bonds. The zero-order chi connectivity index (χ0) is 23.6. The van der Waals surface area contributed by atoms with Gasteiger partial charge in [0.25, 0.3) is 0 Å². The van der Waals surface area contributed by atoms with E-state index in [0.717, 1.165) is 35.4 Å². The molecule has 0 radical (unpaired) electrons. The molecular weight excluding hydrogens is 430 g/mol. The molecule has 0 saturated heterocycles. The second-order valence-corrected chi connectivity index (χ2v) is 10.4. The van der Waals surface area contributed by atoms with Crippen molar-refractivity contribution in [2.24, 2.45) is 0 Å². The highest BCUT2D eigenvalue weighted by molar-refractivity contribution is 8.68. The summed E-state index contributed by atoms with van der Waals surface area (Å²) in [5.41, 5.74) is 3.41. The van der Waals surface area contributed by atoms with Gasteiger partial charge in [-0.2, -0.15) is 4.58 Å². The number of rotatable bonds is 13. The number of quaternary nitrogens is 1. The number of unbranched alkanes of at least 4 members (excludes halogenated alkanes) is 1. The molecule has 0 aliphatic rings. The van der Waals surface area contributed by atoms with Crippen molar-refractivity contribution in [3.05, 3.63) is 73.0 Å². The molecule has 2 aromatic carbocycles. The number of benzene rings is 2. The van der Waals surface area contributed by atoms with Crippen LogP contribution in [0.15, 0.2) is 67.4 Å². The van der Waals surface area contributed by atoms with E-state index in [1.165, 1.54) is 35.0 Å². The first-order valence-corrected chi connectivity index (χ1v) is 13.2. The largest absolute Gasteiger partial charge is 0.377 e. The first-order chi connectivity index (χ1) is 15.3. The van der Waals surface area contributed by atoms with Crippen molar-refractivity contribution >= 4 is 51.2 Å². The summed E-state index contributed by atoms with van der Waals surface area (Å²) in [4.78, 5) is 2.16. The number of hydrogen-bond acceptors (Lipinski definition) is 3. The highest BCUT2D eigenvalue weighted by Crippen LogP contribution is 2.29. The Bertz CT molecular complexity index is 974. The molecule has 0 heterocycles. The summed E-state index contributed by atoms with van der Waals surface area (Å²) in [5, 5.41) is 2.51. The van der Waals surface area contributed by atoms with Crippen LogP contribution in [0.4, 0.5) is 5.69 Å². The van der Waals surface area contributed by atoms with Crippen molar-refractivity contribution in [2.45, 2.75) is 12.8 Å². The molecule has 5 heteroatoms. The molecule has 2 rings (SSSR count). The van der Waals surface area contributed by atoms with Gasteiger partial charge in [-0.3, -0.25) is 0 Å². The van der Waals surface area contributed by atoms with Crippen LogP contribution in [-0.4, -0.2) is 68.9 Å². The molecule has 0 atom stereocenters. The lowest BCUT2D eigenvalue weighted by atomic mass is 10.0. The molecule has 0 N–H and O–H groups in total. The monoisotopic (exact) mass is 469 g/mol. The van der Waals surface area contributed by atoms with Gasteiger partial charge < -0.3 is 9.38 Å². The van der Waals surface area contributed by atoms with E-state index in [0.29, 0.717) is 0 Å². The molecule has 2 aromatic rings. The summed E-state index contributed by atoms with van der Waals surface area (Å²) in [6, 6.07) is 12.9. The number of allylic oxidation sites excluding steroid dienone is 2. The molecule has 32 heavy (non-hydrogen) atoms. The van der Waals surface area contributed by atoms with Gasteiger partial charge in [-0.05, 0) is 35.7 Å². The molecule has 0 bridgehead atoms. The normalized spacial score (nSPS) is 12.5. The Morgan fingerprint density at radius 1 is 1.09 bits per heavy atom. The summed E-state index contributed by atoms with van der Waals surface area (Å²) in [7, 11) is 10.4. The molecular formula is C27H39N3S2+2. The van der Waals surface area contributed by atoms with Crippen molar-refractivity contribution in [3.8, 4) is 0 Å².